The van der Waals surface area contributed by atoms with E-state index in [1.165, 1.54) is 12.0 Å². The van der Waals surface area contributed by atoms with Crippen molar-refractivity contribution in [2.45, 2.75) is 26.2 Å². The lowest BCUT2D eigenvalue weighted by molar-refractivity contribution is -0.117. The summed E-state index contributed by atoms with van der Waals surface area (Å²) in [7, 11) is 0. The van der Waals surface area contributed by atoms with E-state index in [-0.39, 0.29) is 5.91 Å². The highest BCUT2D eigenvalue weighted by molar-refractivity contribution is 9.10. The molecule has 0 radical (unpaired) electrons. The van der Waals surface area contributed by atoms with E-state index in [4.69, 9.17) is 0 Å². The third-order valence-electron chi connectivity index (χ3n) is 3.33. The summed E-state index contributed by atoms with van der Waals surface area (Å²) >= 11 is 3.47. The molecule has 1 aromatic carbocycles. The van der Waals surface area contributed by atoms with E-state index in [9.17, 15) is 4.79 Å². The number of halogens is 1. The molecule has 4 heteroatoms. The number of benzene rings is 1. The summed E-state index contributed by atoms with van der Waals surface area (Å²) in [5, 5.41) is 6.29. The van der Waals surface area contributed by atoms with E-state index in [1.54, 1.807) is 0 Å². The number of piperidine rings is 1. The van der Waals surface area contributed by atoms with Crippen LogP contribution in [-0.2, 0) is 4.79 Å². The van der Waals surface area contributed by atoms with Gasteiger partial charge in [-0.3, -0.25) is 4.79 Å². The Balaban J connectivity index is 1.88. The van der Waals surface area contributed by atoms with Crippen molar-refractivity contribution in [3.63, 3.8) is 0 Å². The molecule has 0 saturated carbocycles. The van der Waals surface area contributed by atoms with Gasteiger partial charge in [-0.2, -0.15) is 0 Å². The zero-order valence-electron chi connectivity index (χ0n) is 10.6. The number of carbonyl (C=O) groups excluding carboxylic acids is 1. The molecule has 98 valence electrons. The van der Waals surface area contributed by atoms with Crippen LogP contribution in [0.3, 0.4) is 0 Å². The number of aryl methyl sites for hydroxylation is 1. The summed E-state index contributed by atoms with van der Waals surface area (Å²) < 4.78 is 1.03. The maximum atomic E-state index is 11.9. The normalized spacial score (nSPS) is 19.6. The van der Waals surface area contributed by atoms with Crippen LogP contribution in [0.1, 0.15) is 24.8 Å². The van der Waals surface area contributed by atoms with E-state index < -0.39 is 0 Å². The molecule has 1 heterocycles. The maximum absolute atomic E-state index is 11.9. The summed E-state index contributed by atoms with van der Waals surface area (Å²) in [4.78, 5) is 11.9. The molecule has 1 amide bonds. The van der Waals surface area contributed by atoms with Crippen molar-refractivity contribution >= 4 is 27.5 Å². The summed E-state index contributed by atoms with van der Waals surface area (Å²) in [6.45, 7) is 4.08. The zero-order valence-corrected chi connectivity index (χ0v) is 12.2. The van der Waals surface area contributed by atoms with Crippen LogP contribution in [0.25, 0.3) is 0 Å². The molecular weight excluding hydrogens is 292 g/mol. The fourth-order valence-electron chi connectivity index (χ4n) is 2.24. The Morgan fingerprint density at radius 2 is 2.39 bits per heavy atom. The first kappa shape index (κ1) is 13.6. The fourth-order valence-corrected chi connectivity index (χ4v) is 2.62. The van der Waals surface area contributed by atoms with Crippen molar-refractivity contribution in [1.82, 2.24) is 5.32 Å². The van der Waals surface area contributed by atoms with Gasteiger partial charge in [0.1, 0.15) is 0 Å². The minimum absolute atomic E-state index is 0.111. The van der Waals surface area contributed by atoms with Gasteiger partial charge in [-0.1, -0.05) is 22.0 Å². The average Bonchev–Trinajstić information content (AvgIpc) is 2.35. The maximum Gasteiger partial charge on any atom is 0.224 e. The zero-order chi connectivity index (χ0) is 13.0. The Labute approximate surface area is 116 Å². The van der Waals surface area contributed by atoms with Gasteiger partial charge in [-0.05, 0) is 56.5 Å². The quantitative estimate of drug-likeness (QED) is 0.901. The Bertz CT molecular complexity index is 428. The van der Waals surface area contributed by atoms with Crippen LogP contribution in [0.15, 0.2) is 22.7 Å². The monoisotopic (exact) mass is 310 g/mol. The van der Waals surface area contributed by atoms with E-state index in [0.717, 1.165) is 29.7 Å². The van der Waals surface area contributed by atoms with E-state index in [0.29, 0.717) is 12.3 Å². The molecule has 1 atom stereocenters. The molecule has 0 bridgehead atoms. The summed E-state index contributed by atoms with van der Waals surface area (Å²) in [5.74, 6) is 0.590. The molecule has 2 rings (SSSR count). The van der Waals surface area contributed by atoms with Gasteiger partial charge in [0, 0.05) is 16.6 Å². The van der Waals surface area contributed by atoms with Gasteiger partial charge in [0.2, 0.25) is 5.91 Å². The van der Waals surface area contributed by atoms with Crippen LogP contribution in [0, 0.1) is 12.8 Å². The number of hydrogen-bond donors (Lipinski definition) is 2. The SMILES string of the molecule is Cc1ccc(NC(=O)CC2CCCNC2)cc1Br. The Hall–Kier alpha value is -0.870. The van der Waals surface area contributed by atoms with Gasteiger partial charge in [0.05, 0.1) is 0 Å². The molecule has 18 heavy (non-hydrogen) atoms. The van der Waals surface area contributed by atoms with E-state index in [1.807, 2.05) is 25.1 Å². The van der Waals surface area contributed by atoms with Gasteiger partial charge < -0.3 is 10.6 Å². The van der Waals surface area contributed by atoms with Crippen molar-refractivity contribution in [2.24, 2.45) is 5.92 Å². The minimum Gasteiger partial charge on any atom is -0.326 e. The average molecular weight is 311 g/mol. The second-order valence-corrected chi connectivity index (χ2v) is 5.78. The second-order valence-electron chi connectivity index (χ2n) is 4.93. The first-order valence-corrected chi connectivity index (χ1v) is 7.21. The Morgan fingerprint density at radius 1 is 1.56 bits per heavy atom. The summed E-state index contributed by atoms with van der Waals surface area (Å²) in [6, 6.07) is 5.89. The third-order valence-corrected chi connectivity index (χ3v) is 4.18. The molecular formula is C14H19BrN2O. The lowest BCUT2D eigenvalue weighted by Gasteiger charge is -2.22. The number of nitrogens with one attached hydrogen (secondary N) is 2. The van der Waals surface area contributed by atoms with Crippen LogP contribution < -0.4 is 10.6 Å². The molecule has 1 unspecified atom stereocenters. The summed E-state index contributed by atoms with van der Waals surface area (Å²) in [5.41, 5.74) is 2.03. The Kier molecular flexibility index (Phi) is 4.78. The van der Waals surface area contributed by atoms with Crippen molar-refractivity contribution < 1.29 is 4.79 Å². The van der Waals surface area contributed by atoms with Gasteiger partial charge in [0.25, 0.3) is 0 Å². The van der Waals surface area contributed by atoms with Crippen LogP contribution in [-0.4, -0.2) is 19.0 Å². The predicted octanol–water partition coefficient (Wildman–Crippen LogP) is 3.09. The van der Waals surface area contributed by atoms with Gasteiger partial charge >= 0.3 is 0 Å². The summed E-state index contributed by atoms with van der Waals surface area (Å²) in [6.07, 6.45) is 2.94. The van der Waals surface area contributed by atoms with Crippen LogP contribution >= 0.6 is 15.9 Å². The van der Waals surface area contributed by atoms with Crippen LogP contribution in [0.2, 0.25) is 0 Å². The largest absolute Gasteiger partial charge is 0.326 e. The molecule has 1 fully saturated rings. The minimum atomic E-state index is 0.111. The van der Waals surface area contributed by atoms with Crippen LogP contribution in [0.5, 0.6) is 0 Å². The third kappa shape index (κ3) is 3.82. The van der Waals surface area contributed by atoms with Gasteiger partial charge in [0.15, 0.2) is 0 Å². The van der Waals surface area contributed by atoms with Crippen LogP contribution in [0.4, 0.5) is 5.69 Å². The molecule has 3 nitrogen and oxygen atoms in total. The molecule has 1 saturated heterocycles. The number of anilines is 1. The topological polar surface area (TPSA) is 41.1 Å². The van der Waals surface area contributed by atoms with Crippen molar-refractivity contribution in [2.75, 3.05) is 18.4 Å². The molecule has 0 spiro atoms. The number of carbonyl (C=O) groups is 1. The number of amides is 1. The van der Waals surface area contributed by atoms with Crippen molar-refractivity contribution in [3.05, 3.63) is 28.2 Å². The van der Waals surface area contributed by atoms with E-state index in [2.05, 4.69) is 26.6 Å². The van der Waals surface area contributed by atoms with Gasteiger partial charge in [-0.25, -0.2) is 0 Å². The lowest BCUT2D eigenvalue weighted by atomic mass is 9.96. The van der Waals surface area contributed by atoms with Crippen molar-refractivity contribution in [1.29, 1.82) is 0 Å². The number of rotatable bonds is 3. The number of hydrogen-bond acceptors (Lipinski definition) is 2. The molecule has 1 aromatic rings. The fraction of sp³-hybridized carbons (Fsp3) is 0.500. The molecule has 2 N–H and O–H groups in total. The second kappa shape index (κ2) is 6.34. The Morgan fingerprint density at radius 3 is 3.06 bits per heavy atom. The molecule has 0 aromatic heterocycles. The smallest absolute Gasteiger partial charge is 0.224 e. The first-order chi connectivity index (χ1) is 8.65. The van der Waals surface area contributed by atoms with E-state index >= 15 is 0 Å². The highest BCUT2D eigenvalue weighted by atomic mass is 79.9. The van der Waals surface area contributed by atoms with Crippen molar-refractivity contribution in [3.8, 4) is 0 Å². The highest BCUT2D eigenvalue weighted by Gasteiger charge is 2.16. The lowest BCUT2D eigenvalue weighted by Crippen LogP contribution is -2.32. The molecule has 1 aliphatic rings. The molecule has 1 aliphatic heterocycles. The predicted molar refractivity (Wildman–Crippen MR) is 77.7 cm³/mol. The first-order valence-electron chi connectivity index (χ1n) is 6.42. The highest BCUT2D eigenvalue weighted by Crippen LogP contribution is 2.21. The molecule has 0 aliphatic carbocycles. The standard InChI is InChI=1S/C14H19BrN2O/c1-10-4-5-12(8-13(10)15)17-14(18)7-11-3-2-6-16-9-11/h4-5,8,11,16H,2-3,6-7,9H2,1H3,(H,17,18). The van der Waals surface area contributed by atoms with Gasteiger partial charge in [-0.15, -0.1) is 0 Å².